The summed E-state index contributed by atoms with van der Waals surface area (Å²) < 4.78 is 0. The molecule has 0 unspecified atom stereocenters. The molecule has 3 nitrogen and oxygen atoms in total. The molecule has 104 valence electrons. The maximum absolute atomic E-state index is 10.7. The molecule has 2 rings (SSSR count). The second kappa shape index (κ2) is 7.09. The fourth-order valence-corrected chi connectivity index (χ4v) is 1.69. The molecule has 0 aromatic heterocycles. The number of aromatic carboxylic acids is 1. The predicted octanol–water partition coefficient (Wildman–Crippen LogP) is 2.94. The first-order chi connectivity index (χ1) is 10.2. The van der Waals surface area contributed by atoms with E-state index >= 15 is 0 Å². The molecule has 0 spiro atoms. The van der Waals surface area contributed by atoms with Gasteiger partial charge in [-0.05, 0) is 47.5 Å². The summed E-state index contributed by atoms with van der Waals surface area (Å²) in [5.41, 5.74) is 2.89. The van der Waals surface area contributed by atoms with Gasteiger partial charge in [-0.15, -0.1) is 0 Å². The van der Waals surface area contributed by atoms with Crippen LogP contribution in [0.15, 0.2) is 54.6 Å². The van der Waals surface area contributed by atoms with E-state index in [1.54, 1.807) is 18.2 Å². The van der Waals surface area contributed by atoms with Crippen molar-refractivity contribution in [2.24, 2.45) is 0 Å². The predicted molar refractivity (Wildman–Crippen MR) is 81.7 cm³/mol. The van der Waals surface area contributed by atoms with Gasteiger partial charge in [-0.3, -0.25) is 0 Å². The van der Waals surface area contributed by atoms with Crippen molar-refractivity contribution in [2.75, 3.05) is 0 Å². The van der Waals surface area contributed by atoms with Gasteiger partial charge in [0, 0.05) is 5.56 Å². The zero-order valence-electron chi connectivity index (χ0n) is 11.3. The summed E-state index contributed by atoms with van der Waals surface area (Å²) in [6, 6.07) is 14.0. The molecule has 0 fully saturated rings. The van der Waals surface area contributed by atoms with Crippen LogP contribution in [0, 0.1) is 11.8 Å². The molecule has 0 saturated carbocycles. The fraction of sp³-hybridized carbons (Fsp3) is 0.0556. The number of aliphatic hydroxyl groups excluding tert-OH is 1. The van der Waals surface area contributed by atoms with Gasteiger partial charge in [0.05, 0.1) is 12.2 Å². The van der Waals surface area contributed by atoms with Gasteiger partial charge in [-0.1, -0.05) is 36.1 Å². The van der Waals surface area contributed by atoms with Crippen molar-refractivity contribution in [3.63, 3.8) is 0 Å². The second-order valence-corrected chi connectivity index (χ2v) is 4.38. The Labute approximate surface area is 123 Å². The van der Waals surface area contributed by atoms with Crippen LogP contribution in [0.5, 0.6) is 0 Å². The van der Waals surface area contributed by atoms with Crippen LogP contribution < -0.4 is 0 Å². The molecular formula is C18H14O3. The summed E-state index contributed by atoms with van der Waals surface area (Å²) in [6.07, 6.45) is 3.61. The summed E-state index contributed by atoms with van der Waals surface area (Å²) in [7, 11) is 0. The van der Waals surface area contributed by atoms with Crippen molar-refractivity contribution in [2.45, 2.75) is 6.61 Å². The van der Waals surface area contributed by atoms with Crippen molar-refractivity contribution in [1.82, 2.24) is 0 Å². The molecule has 0 aliphatic heterocycles. The quantitative estimate of drug-likeness (QED) is 0.849. The highest BCUT2D eigenvalue weighted by atomic mass is 16.4. The van der Waals surface area contributed by atoms with Crippen LogP contribution in [0.1, 0.15) is 27.0 Å². The molecule has 0 aliphatic carbocycles. The Kier molecular flexibility index (Phi) is 4.92. The molecule has 2 N–H and O–H groups in total. The highest BCUT2D eigenvalue weighted by Gasteiger charge is 1.99. The monoisotopic (exact) mass is 278 g/mol. The fourth-order valence-electron chi connectivity index (χ4n) is 1.69. The summed E-state index contributed by atoms with van der Waals surface area (Å²) in [6.45, 7) is 0.0378. The number of carboxylic acid groups (broad SMARTS) is 1. The van der Waals surface area contributed by atoms with Gasteiger partial charge in [-0.2, -0.15) is 0 Å². The van der Waals surface area contributed by atoms with E-state index in [0.29, 0.717) is 0 Å². The van der Waals surface area contributed by atoms with Crippen LogP contribution in [-0.2, 0) is 6.61 Å². The van der Waals surface area contributed by atoms with Gasteiger partial charge in [0.25, 0.3) is 0 Å². The summed E-state index contributed by atoms with van der Waals surface area (Å²) in [5.74, 6) is 4.89. The van der Waals surface area contributed by atoms with E-state index in [9.17, 15) is 4.79 Å². The maximum Gasteiger partial charge on any atom is 0.335 e. The minimum Gasteiger partial charge on any atom is -0.478 e. The van der Waals surface area contributed by atoms with E-state index in [2.05, 4.69) is 11.8 Å². The van der Waals surface area contributed by atoms with Gasteiger partial charge in [-0.25, -0.2) is 4.79 Å². The van der Waals surface area contributed by atoms with Crippen LogP contribution >= 0.6 is 0 Å². The Hall–Kier alpha value is -2.83. The molecule has 2 aromatic carbocycles. The Morgan fingerprint density at radius 2 is 1.71 bits per heavy atom. The number of benzene rings is 2. The van der Waals surface area contributed by atoms with Crippen LogP contribution in [0.3, 0.4) is 0 Å². The van der Waals surface area contributed by atoms with E-state index in [1.807, 2.05) is 30.3 Å². The van der Waals surface area contributed by atoms with E-state index in [1.165, 1.54) is 12.1 Å². The Bertz CT molecular complexity index is 699. The highest BCUT2D eigenvalue weighted by molar-refractivity contribution is 5.87. The zero-order valence-corrected chi connectivity index (χ0v) is 11.3. The second-order valence-electron chi connectivity index (χ2n) is 4.38. The number of carboxylic acids is 1. The Morgan fingerprint density at radius 3 is 2.29 bits per heavy atom. The van der Waals surface area contributed by atoms with E-state index in [4.69, 9.17) is 10.2 Å². The van der Waals surface area contributed by atoms with Crippen molar-refractivity contribution in [1.29, 1.82) is 0 Å². The number of aliphatic hydroxyl groups is 1. The third kappa shape index (κ3) is 4.34. The number of allylic oxidation sites excluding steroid dienone is 1. The number of hydrogen-bond acceptors (Lipinski definition) is 2. The first kappa shape index (κ1) is 14.6. The van der Waals surface area contributed by atoms with Crippen molar-refractivity contribution in [3.05, 3.63) is 76.9 Å². The molecule has 0 aliphatic rings. The van der Waals surface area contributed by atoms with Crippen LogP contribution in [-0.4, -0.2) is 16.2 Å². The lowest BCUT2D eigenvalue weighted by Crippen LogP contribution is -1.94. The van der Waals surface area contributed by atoms with Gasteiger partial charge in [0.2, 0.25) is 0 Å². The van der Waals surface area contributed by atoms with E-state index < -0.39 is 5.97 Å². The third-order valence-corrected chi connectivity index (χ3v) is 2.87. The first-order valence-electron chi connectivity index (χ1n) is 6.40. The maximum atomic E-state index is 10.7. The van der Waals surface area contributed by atoms with Gasteiger partial charge < -0.3 is 10.2 Å². The van der Waals surface area contributed by atoms with Gasteiger partial charge in [0.1, 0.15) is 0 Å². The van der Waals surface area contributed by atoms with E-state index in [-0.39, 0.29) is 12.2 Å². The van der Waals surface area contributed by atoms with Crippen molar-refractivity contribution in [3.8, 4) is 11.8 Å². The van der Waals surface area contributed by atoms with Crippen LogP contribution in [0.4, 0.5) is 0 Å². The molecule has 0 bridgehead atoms. The summed E-state index contributed by atoms with van der Waals surface area (Å²) >= 11 is 0. The topological polar surface area (TPSA) is 57.5 Å². The van der Waals surface area contributed by atoms with Gasteiger partial charge in [0.15, 0.2) is 0 Å². The molecule has 21 heavy (non-hydrogen) atoms. The molecule has 0 atom stereocenters. The largest absolute Gasteiger partial charge is 0.478 e. The third-order valence-electron chi connectivity index (χ3n) is 2.87. The van der Waals surface area contributed by atoms with Crippen molar-refractivity contribution >= 4 is 12.0 Å². The summed E-state index contributed by atoms with van der Waals surface area (Å²) in [4.78, 5) is 10.7. The average molecular weight is 278 g/mol. The van der Waals surface area contributed by atoms with Gasteiger partial charge >= 0.3 is 5.97 Å². The number of hydrogen-bond donors (Lipinski definition) is 2. The van der Waals surface area contributed by atoms with Crippen LogP contribution in [0.25, 0.3) is 6.08 Å². The zero-order chi connectivity index (χ0) is 15.1. The minimum atomic E-state index is -0.944. The Morgan fingerprint density at radius 1 is 1.05 bits per heavy atom. The molecule has 2 aromatic rings. The molecule has 0 saturated heterocycles. The Balaban J connectivity index is 2.01. The molecule has 3 heteroatoms. The first-order valence-corrected chi connectivity index (χ1v) is 6.40. The molecular weight excluding hydrogens is 264 g/mol. The molecule has 0 amide bonds. The summed E-state index contributed by atoms with van der Waals surface area (Å²) in [5, 5.41) is 17.7. The molecule has 0 heterocycles. The highest BCUT2D eigenvalue weighted by Crippen LogP contribution is 2.06. The SMILES string of the molecule is O=C(O)c1ccc(C#C/C=C/c2ccc(CO)cc2)cc1. The lowest BCUT2D eigenvalue weighted by atomic mass is 10.1. The molecule has 0 radical (unpaired) electrons. The number of rotatable bonds is 3. The average Bonchev–Trinajstić information content (AvgIpc) is 2.52. The van der Waals surface area contributed by atoms with E-state index in [0.717, 1.165) is 16.7 Å². The normalized spacial score (nSPS) is 10.1. The van der Waals surface area contributed by atoms with Crippen LogP contribution in [0.2, 0.25) is 0 Å². The minimum absolute atomic E-state index is 0.0378. The van der Waals surface area contributed by atoms with Crippen molar-refractivity contribution < 1.29 is 15.0 Å². The lowest BCUT2D eigenvalue weighted by molar-refractivity contribution is 0.0697. The standard InChI is InChI=1S/C18H14O3/c19-13-16-7-5-14(6-8-16)3-1-2-4-15-9-11-17(12-10-15)18(20)21/h1,3,5-12,19H,13H2,(H,20,21)/b3-1+. The smallest absolute Gasteiger partial charge is 0.335 e. The number of carbonyl (C=O) groups is 1. The lowest BCUT2D eigenvalue weighted by Gasteiger charge is -1.95.